The molecule has 0 saturated carbocycles. The highest BCUT2D eigenvalue weighted by molar-refractivity contribution is 5.91. The summed E-state index contributed by atoms with van der Waals surface area (Å²) < 4.78 is 0. The number of amides is 1. The summed E-state index contributed by atoms with van der Waals surface area (Å²) in [6.45, 7) is 4.62. The first kappa shape index (κ1) is 13.7. The molecule has 0 unspecified atom stereocenters. The van der Waals surface area contributed by atoms with Gasteiger partial charge < -0.3 is 11.1 Å². The lowest BCUT2D eigenvalue weighted by molar-refractivity contribution is -0.116. The Morgan fingerprint density at radius 3 is 2.76 bits per heavy atom. The normalized spacial score (nSPS) is 10.3. The summed E-state index contributed by atoms with van der Waals surface area (Å²) >= 11 is 0. The first-order chi connectivity index (χ1) is 8.17. The van der Waals surface area contributed by atoms with Gasteiger partial charge in [0.1, 0.15) is 0 Å². The maximum Gasteiger partial charge on any atom is 0.224 e. The van der Waals surface area contributed by atoms with Crippen LogP contribution in [0.4, 0.5) is 5.69 Å². The van der Waals surface area contributed by atoms with E-state index < -0.39 is 0 Å². The smallest absolute Gasteiger partial charge is 0.224 e. The van der Waals surface area contributed by atoms with E-state index in [-0.39, 0.29) is 5.91 Å². The predicted molar refractivity (Wildman–Crippen MR) is 71.8 cm³/mol. The molecule has 1 amide bonds. The van der Waals surface area contributed by atoms with Crippen LogP contribution in [0.25, 0.3) is 0 Å². The minimum atomic E-state index is 0.0933. The van der Waals surface area contributed by atoms with Gasteiger partial charge in [0.25, 0.3) is 0 Å². The Labute approximate surface area is 103 Å². The van der Waals surface area contributed by atoms with E-state index in [4.69, 9.17) is 5.73 Å². The van der Waals surface area contributed by atoms with Gasteiger partial charge in [0.15, 0.2) is 0 Å². The monoisotopic (exact) mass is 234 g/mol. The van der Waals surface area contributed by atoms with Crippen molar-refractivity contribution in [2.75, 3.05) is 5.32 Å². The molecular formula is C14H22N2O. The first-order valence-electron chi connectivity index (χ1n) is 6.26. The quantitative estimate of drug-likeness (QED) is 0.743. The molecule has 0 aliphatic rings. The van der Waals surface area contributed by atoms with E-state index in [9.17, 15) is 4.79 Å². The Bertz CT molecular complexity index is 374. The number of hydrogen-bond acceptors (Lipinski definition) is 2. The van der Waals surface area contributed by atoms with Crippen LogP contribution in [0.1, 0.15) is 43.7 Å². The lowest BCUT2D eigenvalue weighted by Crippen LogP contribution is -2.12. The first-order valence-corrected chi connectivity index (χ1v) is 6.26. The molecule has 0 atom stereocenters. The van der Waals surface area contributed by atoms with Crippen molar-refractivity contribution in [2.24, 2.45) is 5.73 Å². The average Bonchev–Trinajstić information content (AvgIpc) is 2.32. The molecule has 3 heteroatoms. The Hall–Kier alpha value is -1.35. The van der Waals surface area contributed by atoms with Crippen molar-refractivity contribution in [3.8, 4) is 0 Å². The Morgan fingerprint density at radius 1 is 1.35 bits per heavy atom. The highest BCUT2D eigenvalue weighted by Crippen LogP contribution is 2.17. The van der Waals surface area contributed by atoms with Crippen LogP contribution < -0.4 is 11.1 Å². The summed E-state index contributed by atoms with van der Waals surface area (Å²) in [7, 11) is 0. The van der Waals surface area contributed by atoms with Crippen LogP contribution in [0.3, 0.4) is 0 Å². The van der Waals surface area contributed by atoms with Crippen LogP contribution in [0, 0.1) is 6.92 Å². The van der Waals surface area contributed by atoms with Crippen LogP contribution in [0.2, 0.25) is 0 Å². The van der Waals surface area contributed by atoms with E-state index in [1.807, 2.05) is 25.1 Å². The van der Waals surface area contributed by atoms with Gasteiger partial charge in [0.05, 0.1) is 0 Å². The number of hydrogen-bond donors (Lipinski definition) is 2. The highest BCUT2D eigenvalue weighted by atomic mass is 16.1. The molecule has 17 heavy (non-hydrogen) atoms. The highest BCUT2D eigenvalue weighted by Gasteiger charge is 2.05. The third-order valence-electron chi connectivity index (χ3n) is 2.82. The maximum atomic E-state index is 11.7. The summed E-state index contributed by atoms with van der Waals surface area (Å²) in [6, 6.07) is 5.93. The molecule has 94 valence electrons. The molecule has 0 radical (unpaired) electrons. The number of aryl methyl sites for hydroxylation is 1. The topological polar surface area (TPSA) is 55.1 Å². The van der Waals surface area contributed by atoms with Gasteiger partial charge >= 0.3 is 0 Å². The van der Waals surface area contributed by atoms with Crippen molar-refractivity contribution in [2.45, 2.75) is 46.1 Å². The molecule has 0 heterocycles. The van der Waals surface area contributed by atoms with E-state index in [0.29, 0.717) is 13.0 Å². The van der Waals surface area contributed by atoms with Gasteiger partial charge in [-0.05, 0) is 30.5 Å². The zero-order chi connectivity index (χ0) is 12.7. The van der Waals surface area contributed by atoms with Crippen LogP contribution in [-0.2, 0) is 11.3 Å². The van der Waals surface area contributed by atoms with Gasteiger partial charge in [-0.15, -0.1) is 0 Å². The molecule has 1 aromatic carbocycles. The van der Waals surface area contributed by atoms with Crippen molar-refractivity contribution in [3.05, 3.63) is 29.3 Å². The van der Waals surface area contributed by atoms with Crippen molar-refractivity contribution in [3.63, 3.8) is 0 Å². The van der Waals surface area contributed by atoms with E-state index >= 15 is 0 Å². The number of rotatable bonds is 6. The SMILES string of the molecule is CCCCCC(=O)Nc1cc(CN)ccc1C. The van der Waals surface area contributed by atoms with Crippen LogP contribution in [-0.4, -0.2) is 5.91 Å². The Kier molecular flexibility index (Phi) is 5.70. The zero-order valence-electron chi connectivity index (χ0n) is 10.8. The third-order valence-corrected chi connectivity index (χ3v) is 2.82. The number of anilines is 1. The van der Waals surface area contributed by atoms with E-state index in [1.54, 1.807) is 0 Å². The molecule has 0 aliphatic heterocycles. The fourth-order valence-electron chi connectivity index (χ4n) is 1.68. The molecule has 0 bridgehead atoms. The van der Waals surface area contributed by atoms with Gasteiger partial charge in [-0.1, -0.05) is 31.9 Å². The Balaban J connectivity index is 2.57. The minimum absolute atomic E-state index is 0.0933. The molecule has 0 saturated heterocycles. The second-order valence-electron chi connectivity index (χ2n) is 4.36. The zero-order valence-corrected chi connectivity index (χ0v) is 10.8. The molecule has 0 fully saturated rings. The number of benzene rings is 1. The second kappa shape index (κ2) is 7.07. The number of unbranched alkanes of at least 4 members (excludes halogenated alkanes) is 2. The fourth-order valence-corrected chi connectivity index (χ4v) is 1.68. The standard InChI is InChI=1S/C14H22N2O/c1-3-4-5-6-14(17)16-13-9-12(10-15)8-7-11(13)2/h7-9H,3-6,10,15H2,1-2H3,(H,16,17). The largest absolute Gasteiger partial charge is 0.326 e. The van der Waals surface area contributed by atoms with Gasteiger partial charge in [0, 0.05) is 18.7 Å². The van der Waals surface area contributed by atoms with Crippen LogP contribution >= 0.6 is 0 Å². The number of nitrogens with two attached hydrogens (primary N) is 1. The third kappa shape index (κ3) is 4.57. The summed E-state index contributed by atoms with van der Waals surface area (Å²) in [4.78, 5) is 11.7. The van der Waals surface area contributed by atoms with Gasteiger partial charge in [-0.3, -0.25) is 4.79 Å². The van der Waals surface area contributed by atoms with Crippen molar-refractivity contribution in [1.82, 2.24) is 0 Å². The lowest BCUT2D eigenvalue weighted by atomic mass is 10.1. The summed E-state index contributed by atoms with van der Waals surface area (Å²) in [5, 5.41) is 2.95. The van der Waals surface area contributed by atoms with Gasteiger partial charge in [0.2, 0.25) is 5.91 Å². The van der Waals surface area contributed by atoms with Crippen molar-refractivity contribution < 1.29 is 4.79 Å². The maximum absolute atomic E-state index is 11.7. The van der Waals surface area contributed by atoms with Crippen LogP contribution in [0.5, 0.6) is 0 Å². The van der Waals surface area contributed by atoms with Gasteiger partial charge in [-0.2, -0.15) is 0 Å². The van der Waals surface area contributed by atoms with Gasteiger partial charge in [-0.25, -0.2) is 0 Å². The van der Waals surface area contributed by atoms with E-state index in [2.05, 4.69) is 12.2 Å². The van der Waals surface area contributed by atoms with Crippen molar-refractivity contribution >= 4 is 11.6 Å². The second-order valence-corrected chi connectivity index (χ2v) is 4.36. The molecule has 1 rings (SSSR count). The number of carbonyl (C=O) groups excluding carboxylic acids is 1. The average molecular weight is 234 g/mol. The predicted octanol–water partition coefficient (Wildman–Crippen LogP) is 2.97. The lowest BCUT2D eigenvalue weighted by Gasteiger charge is -2.09. The molecule has 0 aliphatic carbocycles. The van der Waals surface area contributed by atoms with Crippen molar-refractivity contribution in [1.29, 1.82) is 0 Å². The minimum Gasteiger partial charge on any atom is -0.326 e. The summed E-state index contributed by atoms with van der Waals surface area (Å²) in [5.74, 6) is 0.0933. The van der Waals surface area contributed by atoms with E-state index in [1.165, 1.54) is 0 Å². The molecule has 3 nitrogen and oxygen atoms in total. The molecule has 0 aromatic heterocycles. The Morgan fingerprint density at radius 2 is 2.12 bits per heavy atom. The van der Waals surface area contributed by atoms with Crippen LogP contribution in [0.15, 0.2) is 18.2 Å². The molecule has 0 spiro atoms. The molecular weight excluding hydrogens is 212 g/mol. The molecule has 1 aromatic rings. The number of nitrogens with one attached hydrogen (secondary N) is 1. The van der Waals surface area contributed by atoms with E-state index in [0.717, 1.165) is 36.1 Å². The number of carbonyl (C=O) groups is 1. The molecule has 3 N–H and O–H groups in total. The fraction of sp³-hybridized carbons (Fsp3) is 0.500. The summed E-state index contributed by atoms with van der Waals surface area (Å²) in [5.41, 5.74) is 8.59. The summed E-state index contributed by atoms with van der Waals surface area (Å²) in [6.07, 6.45) is 3.79.